The van der Waals surface area contributed by atoms with E-state index in [1.54, 1.807) is 26.1 Å². The second-order valence-electron chi connectivity index (χ2n) is 6.02. The summed E-state index contributed by atoms with van der Waals surface area (Å²) in [6.07, 6.45) is 1.60. The third kappa shape index (κ3) is 4.10. The first-order chi connectivity index (χ1) is 9.84. The van der Waals surface area contributed by atoms with Crippen LogP contribution in [0.3, 0.4) is 0 Å². The zero-order valence-corrected chi connectivity index (χ0v) is 13.2. The number of nitrogens with zero attached hydrogens (tertiary/aromatic N) is 4. The maximum atomic E-state index is 12.8. The lowest BCUT2D eigenvalue weighted by atomic mass is 9.99. The van der Waals surface area contributed by atoms with Crippen LogP contribution in [0.25, 0.3) is 0 Å². The fourth-order valence-electron chi connectivity index (χ4n) is 2.28. The summed E-state index contributed by atoms with van der Waals surface area (Å²) < 4.78 is 38.9. The van der Waals surface area contributed by atoms with Crippen LogP contribution in [0.15, 0.2) is 18.3 Å². The van der Waals surface area contributed by atoms with Crippen molar-refractivity contribution in [1.82, 2.24) is 14.5 Å². The quantitative estimate of drug-likeness (QED) is 0.808. The van der Waals surface area contributed by atoms with Crippen molar-refractivity contribution in [2.24, 2.45) is 5.41 Å². The van der Waals surface area contributed by atoms with E-state index in [1.807, 2.05) is 11.0 Å². The summed E-state index contributed by atoms with van der Waals surface area (Å²) in [5.41, 5.74) is -0.846. The van der Waals surface area contributed by atoms with Crippen molar-refractivity contribution in [3.8, 4) is 0 Å². The van der Waals surface area contributed by atoms with Crippen LogP contribution in [0, 0.1) is 5.41 Å². The van der Waals surface area contributed by atoms with Gasteiger partial charge in [0.05, 0.1) is 12.4 Å². The maximum absolute atomic E-state index is 12.8. The van der Waals surface area contributed by atoms with Gasteiger partial charge < -0.3 is 4.90 Å². The number of anilines is 1. The molecule has 0 N–H and O–H groups in total. The van der Waals surface area contributed by atoms with Crippen LogP contribution in [0.2, 0.25) is 0 Å². The number of hydrogen-bond donors (Lipinski definition) is 0. The molecule has 2 rings (SSSR count). The van der Waals surface area contributed by atoms with Crippen molar-refractivity contribution < 1.29 is 12.8 Å². The van der Waals surface area contributed by atoms with E-state index in [9.17, 15) is 12.8 Å². The van der Waals surface area contributed by atoms with Gasteiger partial charge in [0.2, 0.25) is 10.0 Å². The third-order valence-corrected chi connectivity index (χ3v) is 5.75. The van der Waals surface area contributed by atoms with E-state index in [2.05, 4.69) is 10.2 Å². The first kappa shape index (κ1) is 16.1. The van der Waals surface area contributed by atoms with E-state index in [0.717, 1.165) is 5.82 Å². The van der Waals surface area contributed by atoms with Gasteiger partial charge in [-0.2, -0.15) is 9.40 Å². The van der Waals surface area contributed by atoms with Crippen molar-refractivity contribution in [2.45, 2.75) is 13.8 Å². The second kappa shape index (κ2) is 6.23. The number of piperazine rings is 1. The minimum Gasteiger partial charge on any atom is -0.352 e. The molecule has 1 aliphatic heterocycles. The molecule has 0 radical (unpaired) electrons. The number of alkyl halides is 1. The predicted octanol–water partition coefficient (Wildman–Crippen LogP) is 0.924. The molecule has 1 aliphatic rings. The Morgan fingerprint density at radius 1 is 1.29 bits per heavy atom. The Balaban J connectivity index is 1.97. The molecule has 6 nitrogen and oxygen atoms in total. The molecule has 0 spiro atoms. The standard InChI is InChI=1S/C13H21FN4O2S/c1-13(2,10-14)11-21(19,20)18-8-6-17(7-9-18)12-4-3-5-15-16-12/h3-5H,6-11H2,1-2H3. The molecule has 0 aromatic carbocycles. The zero-order valence-electron chi connectivity index (χ0n) is 12.4. The highest BCUT2D eigenvalue weighted by atomic mass is 32.2. The van der Waals surface area contributed by atoms with Crippen molar-refractivity contribution in [3.63, 3.8) is 0 Å². The summed E-state index contributed by atoms with van der Waals surface area (Å²) in [5, 5.41) is 7.84. The average molecular weight is 316 g/mol. The topological polar surface area (TPSA) is 66.4 Å². The molecule has 21 heavy (non-hydrogen) atoms. The number of aromatic nitrogens is 2. The Morgan fingerprint density at radius 3 is 2.48 bits per heavy atom. The van der Waals surface area contributed by atoms with Gasteiger partial charge >= 0.3 is 0 Å². The van der Waals surface area contributed by atoms with E-state index in [0.29, 0.717) is 26.2 Å². The minimum atomic E-state index is -3.43. The molecule has 0 atom stereocenters. The third-order valence-electron chi connectivity index (χ3n) is 3.45. The summed E-state index contributed by atoms with van der Waals surface area (Å²) in [6.45, 7) is 4.51. The molecule has 0 amide bonds. The lowest BCUT2D eigenvalue weighted by molar-refractivity contribution is 0.279. The Kier molecular flexibility index (Phi) is 4.77. The predicted molar refractivity (Wildman–Crippen MR) is 79.4 cm³/mol. The Morgan fingerprint density at radius 2 is 1.95 bits per heavy atom. The van der Waals surface area contributed by atoms with E-state index in [4.69, 9.17) is 0 Å². The molecule has 8 heteroatoms. The largest absolute Gasteiger partial charge is 0.352 e. The van der Waals surface area contributed by atoms with Gasteiger partial charge in [0.25, 0.3) is 0 Å². The molecular formula is C13H21FN4O2S. The Labute approximate surface area is 125 Å². The summed E-state index contributed by atoms with van der Waals surface area (Å²) >= 11 is 0. The molecule has 0 saturated carbocycles. The molecule has 1 saturated heterocycles. The molecule has 2 heterocycles. The molecule has 1 fully saturated rings. The monoisotopic (exact) mass is 316 g/mol. The van der Waals surface area contributed by atoms with Crippen LogP contribution >= 0.6 is 0 Å². The van der Waals surface area contributed by atoms with Gasteiger partial charge in [-0.05, 0) is 12.1 Å². The summed E-state index contributed by atoms with van der Waals surface area (Å²) in [4.78, 5) is 2.00. The highest BCUT2D eigenvalue weighted by molar-refractivity contribution is 7.89. The molecule has 0 bridgehead atoms. The normalized spacial score (nSPS) is 18.0. The summed E-state index contributed by atoms with van der Waals surface area (Å²) in [6, 6.07) is 3.65. The second-order valence-corrected chi connectivity index (χ2v) is 7.99. The van der Waals surface area contributed by atoms with Gasteiger partial charge in [0, 0.05) is 37.8 Å². The summed E-state index contributed by atoms with van der Waals surface area (Å²) in [7, 11) is -3.43. The number of sulfonamides is 1. The number of halogens is 1. The molecule has 0 unspecified atom stereocenters. The minimum absolute atomic E-state index is 0.165. The maximum Gasteiger partial charge on any atom is 0.214 e. The van der Waals surface area contributed by atoms with E-state index >= 15 is 0 Å². The highest BCUT2D eigenvalue weighted by Gasteiger charge is 2.33. The fraction of sp³-hybridized carbons (Fsp3) is 0.692. The van der Waals surface area contributed by atoms with Crippen molar-refractivity contribution in [2.75, 3.05) is 43.5 Å². The van der Waals surface area contributed by atoms with Crippen LogP contribution < -0.4 is 4.90 Å². The Bertz CT molecular complexity index is 557. The number of hydrogen-bond acceptors (Lipinski definition) is 5. The van der Waals surface area contributed by atoms with Crippen LogP contribution in [0.1, 0.15) is 13.8 Å². The van der Waals surface area contributed by atoms with Gasteiger partial charge in [0.1, 0.15) is 0 Å². The van der Waals surface area contributed by atoms with E-state index < -0.39 is 22.1 Å². The van der Waals surface area contributed by atoms with Crippen LogP contribution in [-0.2, 0) is 10.0 Å². The van der Waals surface area contributed by atoms with Crippen LogP contribution in [-0.4, -0.2) is 61.5 Å². The lowest BCUT2D eigenvalue weighted by Gasteiger charge is -2.35. The molecular weight excluding hydrogens is 295 g/mol. The first-order valence-corrected chi connectivity index (χ1v) is 8.51. The van der Waals surface area contributed by atoms with Crippen LogP contribution in [0.5, 0.6) is 0 Å². The lowest BCUT2D eigenvalue weighted by Crippen LogP contribution is -2.50. The molecule has 0 aliphatic carbocycles. The SMILES string of the molecule is CC(C)(CF)CS(=O)(=O)N1CCN(c2cccnn2)CC1. The first-order valence-electron chi connectivity index (χ1n) is 6.90. The van der Waals surface area contributed by atoms with Crippen molar-refractivity contribution in [1.29, 1.82) is 0 Å². The van der Waals surface area contributed by atoms with Gasteiger partial charge in [-0.25, -0.2) is 8.42 Å². The van der Waals surface area contributed by atoms with Crippen molar-refractivity contribution >= 4 is 15.8 Å². The van der Waals surface area contributed by atoms with Gasteiger partial charge in [0.15, 0.2) is 5.82 Å². The molecule has 118 valence electrons. The molecule has 1 aromatic rings. The van der Waals surface area contributed by atoms with Gasteiger partial charge in [-0.1, -0.05) is 13.8 Å². The van der Waals surface area contributed by atoms with E-state index in [-0.39, 0.29) is 5.75 Å². The van der Waals surface area contributed by atoms with E-state index in [1.165, 1.54) is 4.31 Å². The zero-order chi connectivity index (χ0) is 15.5. The average Bonchev–Trinajstić information content (AvgIpc) is 2.47. The van der Waals surface area contributed by atoms with Gasteiger partial charge in [-0.3, -0.25) is 4.39 Å². The van der Waals surface area contributed by atoms with Gasteiger partial charge in [-0.15, -0.1) is 5.10 Å². The number of rotatable bonds is 5. The smallest absolute Gasteiger partial charge is 0.214 e. The summed E-state index contributed by atoms with van der Waals surface area (Å²) in [5.74, 6) is 0.584. The highest BCUT2D eigenvalue weighted by Crippen LogP contribution is 2.22. The van der Waals surface area contributed by atoms with Crippen LogP contribution in [0.4, 0.5) is 10.2 Å². The van der Waals surface area contributed by atoms with Crippen molar-refractivity contribution in [3.05, 3.63) is 18.3 Å². The fourth-order valence-corrected chi connectivity index (χ4v) is 4.25. The molecule has 1 aromatic heterocycles. The Hall–Kier alpha value is -1.28.